The second kappa shape index (κ2) is 5.97. The van der Waals surface area contributed by atoms with E-state index in [1.807, 2.05) is 0 Å². The van der Waals surface area contributed by atoms with Gasteiger partial charge >= 0.3 is 0 Å². The average molecular weight is 165 g/mol. The molecule has 11 heavy (non-hydrogen) atoms. The zero-order valence-electron chi connectivity index (χ0n) is 5.99. The standard InChI is InChI=1S/C7H10F3N/c8-2-1-6(5-11)3-7(10)4-9/h1,3H,2,4-5,11H2/b6-1+,7-3+. The van der Waals surface area contributed by atoms with Gasteiger partial charge in [0.25, 0.3) is 0 Å². The van der Waals surface area contributed by atoms with E-state index in [9.17, 15) is 13.2 Å². The van der Waals surface area contributed by atoms with Gasteiger partial charge in [0.05, 0.1) is 0 Å². The van der Waals surface area contributed by atoms with Gasteiger partial charge in [-0.15, -0.1) is 0 Å². The van der Waals surface area contributed by atoms with Crippen LogP contribution in [-0.4, -0.2) is 19.9 Å². The number of alkyl halides is 2. The smallest absolute Gasteiger partial charge is 0.141 e. The monoisotopic (exact) mass is 165 g/mol. The predicted molar refractivity (Wildman–Crippen MR) is 38.3 cm³/mol. The average Bonchev–Trinajstić information content (AvgIpc) is 2.03. The molecule has 0 atom stereocenters. The van der Waals surface area contributed by atoms with Crippen molar-refractivity contribution >= 4 is 0 Å². The van der Waals surface area contributed by atoms with Crippen LogP contribution in [0.2, 0.25) is 0 Å². The first kappa shape index (κ1) is 10.2. The van der Waals surface area contributed by atoms with Crippen molar-refractivity contribution in [2.24, 2.45) is 5.73 Å². The van der Waals surface area contributed by atoms with Gasteiger partial charge in [0, 0.05) is 6.54 Å². The molecular weight excluding hydrogens is 155 g/mol. The van der Waals surface area contributed by atoms with Crippen LogP contribution in [0.25, 0.3) is 0 Å². The topological polar surface area (TPSA) is 26.0 Å². The molecule has 0 amide bonds. The van der Waals surface area contributed by atoms with Crippen molar-refractivity contribution < 1.29 is 13.2 Å². The molecule has 0 aromatic heterocycles. The molecule has 0 aromatic rings. The highest BCUT2D eigenvalue weighted by Crippen LogP contribution is 2.03. The van der Waals surface area contributed by atoms with Gasteiger partial charge < -0.3 is 5.73 Å². The Hall–Kier alpha value is -0.770. The summed E-state index contributed by atoms with van der Waals surface area (Å²) in [5, 5.41) is 0. The number of allylic oxidation sites excluding steroid dienone is 2. The third-order valence-corrected chi connectivity index (χ3v) is 1.04. The largest absolute Gasteiger partial charge is 0.327 e. The summed E-state index contributed by atoms with van der Waals surface area (Å²) in [6.07, 6.45) is 2.01. The molecule has 0 bridgehead atoms. The summed E-state index contributed by atoms with van der Waals surface area (Å²) in [6, 6.07) is 0. The van der Waals surface area contributed by atoms with Crippen LogP contribution in [0.3, 0.4) is 0 Å². The third kappa shape index (κ3) is 4.61. The van der Waals surface area contributed by atoms with E-state index in [0.717, 1.165) is 12.2 Å². The van der Waals surface area contributed by atoms with Crippen molar-refractivity contribution in [1.82, 2.24) is 0 Å². The van der Waals surface area contributed by atoms with E-state index in [-0.39, 0.29) is 12.1 Å². The highest BCUT2D eigenvalue weighted by Gasteiger charge is 1.94. The first-order valence-electron chi connectivity index (χ1n) is 3.11. The van der Waals surface area contributed by atoms with Crippen molar-refractivity contribution in [2.75, 3.05) is 19.9 Å². The zero-order valence-corrected chi connectivity index (χ0v) is 5.99. The number of halogens is 3. The molecule has 0 saturated heterocycles. The van der Waals surface area contributed by atoms with Crippen LogP contribution < -0.4 is 5.73 Å². The molecule has 0 radical (unpaired) electrons. The molecule has 0 fully saturated rings. The fourth-order valence-corrected chi connectivity index (χ4v) is 0.540. The minimum atomic E-state index is -1.18. The first-order valence-corrected chi connectivity index (χ1v) is 3.11. The van der Waals surface area contributed by atoms with Crippen LogP contribution >= 0.6 is 0 Å². The molecule has 0 saturated carbocycles. The molecular formula is C7H10F3N. The number of hydrogen-bond donors (Lipinski definition) is 1. The fraction of sp³-hybridized carbons (Fsp3) is 0.429. The normalized spacial score (nSPS) is 13.8. The molecule has 0 heterocycles. The second-order valence-corrected chi connectivity index (χ2v) is 1.86. The Morgan fingerprint density at radius 2 is 2.00 bits per heavy atom. The van der Waals surface area contributed by atoms with Gasteiger partial charge in [-0.25, -0.2) is 13.2 Å². The summed E-state index contributed by atoms with van der Waals surface area (Å²) in [6.45, 7) is -1.89. The highest BCUT2D eigenvalue weighted by atomic mass is 19.2. The van der Waals surface area contributed by atoms with E-state index in [1.165, 1.54) is 0 Å². The molecule has 2 N–H and O–H groups in total. The Morgan fingerprint density at radius 1 is 1.36 bits per heavy atom. The predicted octanol–water partition coefficient (Wildman–Crippen LogP) is 1.66. The van der Waals surface area contributed by atoms with E-state index >= 15 is 0 Å². The Bertz CT molecular complexity index is 163. The molecule has 0 unspecified atom stereocenters. The minimum absolute atomic E-state index is 0.0112. The van der Waals surface area contributed by atoms with Crippen LogP contribution in [0.4, 0.5) is 13.2 Å². The maximum atomic E-state index is 12.2. The lowest BCUT2D eigenvalue weighted by molar-refractivity contribution is 0.459. The second-order valence-electron chi connectivity index (χ2n) is 1.86. The van der Waals surface area contributed by atoms with Gasteiger partial charge in [0.15, 0.2) is 0 Å². The Kier molecular flexibility index (Phi) is 5.56. The van der Waals surface area contributed by atoms with Crippen LogP contribution in [0, 0.1) is 0 Å². The molecule has 0 rings (SSSR count). The summed E-state index contributed by atoms with van der Waals surface area (Å²) in [5.74, 6) is -0.935. The van der Waals surface area contributed by atoms with Gasteiger partial charge in [0.2, 0.25) is 0 Å². The lowest BCUT2D eigenvalue weighted by Crippen LogP contribution is -2.01. The molecule has 0 spiro atoms. The Labute approximate surface area is 63.4 Å². The summed E-state index contributed by atoms with van der Waals surface area (Å²) >= 11 is 0. The van der Waals surface area contributed by atoms with Gasteiger partial charge in [0.1, 0.15) is 19.2 Å². The lowest BCUT2D eigenvalue weighted by Gasteiger charge is -1.94. The van der Waals surface area contributed by atoms with Gasteiger partial charge in [-0.2, -0.15) is 0 Å². The lowest BCUT2D eigenvalue weighted by atomic mass is 10.2. The Balaban J connectivity index is 4.17. The summed E-state index contributed by atoms with van der Waals surface area (Å²) in [4.78, 5) is 0. The van der Waals surface area contributed by atoms with E-state index in [4.69, 9.17) is 5.73 Å². The summed E-state index contributed by atoms with van der Waals surface area (Å²) in [5.41, 5.74) is 5.36. The van der Waals surface area contributed by atoms with Crippen molar-refractivity contribution in [3.63, 3.8) is 0 Å². The number of hydrogen-bond acceptors (Lipinski definition) is 1. The van der Waals surface area contributed by atoms with E-state index < -0.39 is 19.2 Å². The van der Waals surface area contributed by atoms with E-state index in [0.29, 0.717) is 0 Å². The molecule has 64 valence electrons. The molecule has 0 aliphatic carbocycles. The minimum Gasteiger partial charge on any atom is -0.327 e. The molecule has 0 aromatic carbocycles. The van der Waals surface area contributed by atoms with Crippen LogP contribution in [-0.2, 0) is 0 Å². The van der Waals surface area contributed by atoms with E-state index in [1.54, 1.807) is 0 Å². The zero-order chi connectivity index (χ0) is 8.69. The molecule has 0 aliphatic rings. The van der Waals surface area contributed by atoms with Crippen LogP contribution in [0.1, 0.15) is 0 Å². The van der Waals surface area contributed by atoms with Crippen molar-refractivity contribution in [1.29, 1.82) is 0 Å². The molecule has 4 heteroatoms. The highest BCUT2D eigenvalue weighted by molar-refractivity contribution is 5.22. The van der Waals surface area contributed by atoms with Crippen LogP contribution in [0.15, 0.2) is 23.6 Å². The summed E-state index contributed by atoms with van der Waals surface area (Å²) < 4.78 is 35.3. The van der Waals surface area contributed by atoms with Gasteiger partial charge in [-0.1, -0.05) is 0 Å². The number of rotatable bonds is 4. The van der Waals surface area contributed by atoms with E-state index in [2.05, 4.69) is 0 Å². The first-order chi connectivity index (χ1) is 5.24. The van der Waals surface area contributed by atoms with Gasteiger partial charge in [-0.05, 0) is 17.7 Å². The molecule has 0 aliphatic heterocycles. The SMILES string of the molecule is NCC(/C=C(/F)CF)=C/CF. The fourth-order valence-electron chi connectivity index (χ4n) is 0.540. The quantitative estimate of drug-likeness (QED) is 0.630. The number of nitrogens with two attached hydrogens (primary N) is 1. The molecule has 1 nitrogen and oxygen atoms in total. The summed E-state index contributed by atoms with van der Waals surface area (Å²) in [7, 11) is 0. The van der Waals surface area contributed by atoms with Crippen molar-refractivity contribution in [3.05, 3.63) is 23.6 Å². The third-order valence-electron chi connectivity index (χ3n) is 1.04. The Morgan fingerprint density at radius 3 is 2.36 bits per heavy atom. The van der Waals surface area contributed by atoms with Crippen LogP contribution in [0.5, 0.6) is 0 Å². The van der Waals surface area contributed by atoms with Crippen molar-refractivity contribution in [3.8, 4) is 0 Å². The maximum Gasteiger partial charge on any atom is 0.141 e. The van der Waals surface area contributed by atoms with Crippen molar-refractivity contribution in [2.45, 2.75) is 0 Å². The van der Waals surface area contributed by atoms with Gasteiger partial charge in [-0.3, -0.25) is 0 Å². The maximum absolute atomic E-state index is 12.2.